The van der Waals surface area contributed by atoms with Crippen molar-refractivity contribution in [3.63, 3.8) is 0 Å². The number of hydrogen-bond donors (Lipinski definition) is 0. The number of hydrogen-bond acceptors (Lipinski definition) is 0. The Morgan fingerprint density at radius 3 is 0.667 bits per heavy atom. The second kappa shape index (κ2) is 232. The topological polar surface area (TPSA) is 99.5 Å². The second-order valence-corrected chi connectivity index (χ2v) is 11.0. The maximum atomic E-state index is 7.50. The van der Waals surface area contributed by atoms with Crippen LogP contribution < -0.4 is 0 Å². The van der Waals surface area contributed by atoms with Crippen LogP contribution in [-0.2, 0) is 40.3 Å². The van der Waals surface area contributed by atoms with E-state index in [-0.39, 0.29) is 17.1 Å². The summed E-state index contributed by atoms with van der Waals surface area (Å²) in [6.07, 6.45) is 0. The number of halogens is 1. The van der Waals surface area contributed by atoms with Crippen molar-refractivity contribution in [3.05, 3.63) is 33.3 Å². The fraction of sp³-hybridized carbons (Fsp3) is 0.286. The molecule has 0 aromatic heterocycles. The Balaban J connectivity index is -0.0000000105. The van der Waals surface area contributed by atoms with Gasteiger partial charge in [0.05, 0.1) is 0 Å². The molecule has 5 nitrogen and oxygen atoms in total. The largest absolute Gasteiger partial charge is 0 e. The van der Waals surface area contributed by atoms with E-state index in [0.29, 0.717) is 0 Å². The number of rotatable bonds is 0. The molecule has 0 bridgehead atoms. The van der Waals surface area contributed by atoms with Crippen LogP contribution in [0, 0.1) is 33.3 Å². The van der Waals surface area contributed by atoms with Gasteiger partial charge in [0.1, 0.15) is 0 Å². The summed E-state index contributed by atoms with van der Waals surface area (Å²) in [7, 11) is 5.47. The first kappa shape index (κ1) is 45.4. The molecule has 15 heavy (non-hydrogen) atoms. The van der Waals surface area contributed by atoms with Crippen molar-refractivity contribution in [1.29, 1.82) is 0 Å². The van der Waals surface area contributed by atoms with Crippen LogP contribution >= 0.6 is 8.92 Å². The van der Waals surface area contributed by atoms with Gasteiger partial charge < -0.3 is 0 Å². The zero-order valence-electron chi connectivity index (χ0n) is 7.80. The average molecular weight is 379 g/mol. The standard InChI is InChI=1S/5CO.2CH3.ClH.Mn.Sn/c5*1-2;;;;;/h;;;;;2*1H3;1H;;/q;;;;;;;;;+1/p-1. The van der Waals surface area contributed by atoms with Crippen LogP contribution in [0.1, 0.15) is 0 Å². The first-order valence-corrected chi connectivity index (χ1v) is 11.5. The van der Waals surface area contributed by atoms with Crippen molar-refractivity contribution < 1.29 is 40.3 Å². The fourth-order valence-corrected chi connectivity index (χ4v) is 0. The molecule has 0 unspecified atom stereocenters. The maximum Gasteiger partial charge on any atom is 0 e. The summed E-state index contributed by atoms with van der Waals surface area (Å²) in [4.78, 5) is 4.26. The van der Waals surface area contributed by atoms with E-state index in [9.17, 15) is 0 Å². The van der Waals surface area contributed by atoms with Crippen molar-refractivity contribution in [1.82, 2.24) is 0 Å². The van der Waals surface area contributed by atoms with Crippen LogP contribution in [0.4, 0.5) is 0 Å². The zero-order chi connectivity index (χ0) is 13.6. The molecule has 0 amide bonds. The van der Waals surface area contributed by atoms with Gasteiger partial charge in [0, 0.05) is 17.1 Å². The van der Waals surface area contributed by atoms with Crippen molar-refractivity contribution in [3.8, 4) is 0 Å². The van der Waals surface area contributed by atoms with Gasteiger partial charge in [0.2, 0.25) is 0 Å². The van der Waals surface area contributed by atoms with Gasteiger partial charge >= 0.3 is 93.9 Å². The maximum absolute atomic E-state index is 7.50. The zero-order valence-corrected chi connectivity index (χ0v) is 12.6. The summed E-state index contributed by atoms with van der Waals surface area (Å²) in [5, 5.41) is 0. The molecule has 82 valence electrons. The van der Waals surface area contributed by atoms with Crippen LogP contribution in [0.2, 0.25) is 9.88 Å². The second-order valence-electron chi connectivity index (χ2n) is 0.878. The Kier molecular flexibility index (Phi) is 701. The summed E-state index contributed by atoms with van der Waals surface area (Å²) in [6.45, 7) is 22.5. The SMILES string of the molecule is [C-]#[O+].[C-]#[O+].[C-]#[O+].[C-]#[O+].[C-]#[O+].[CH3][Sn]([CH3])[Cl].[Mn]. The summed E-state index contributed by atoms with van der Waals surface area (Å²) >= 11 is -1.07. The van der Waals surface area contributed by atoms with Crippen LogP contribution in [0.15, 0.2) is 0 Å². The fourth-order valence-electron chi connectivity index (χ4n) is 0. The van der Waals surface area contributed by atoms with Gasteiger partial charge in [-0.2, -0.15) is 0 Å². The summed E-state index contributed by atoms with van der Waals surface area (Å²) in [5.41, 5.74) is 0. The monoisotopic (exact) mass is 380 g/mol. The molecule has 0 aliphatic heterocycles. The van der Waals surface area contributed by atoms with E-state index < -0.39 is 18.6 Å². The van der Waals surface area contributed by atoms with E-state index in [4.69, 9.17) is 32.2 Å². The molecule has 0 aliphatic rings. The Hall–Kier alpha value is 0.308. The molecular weight excluding hydrogens is 373 g/mol. The van der Waals surface area contributed by atoms with Crippen molar-refractivity contribution in [2.45, 2.75) is 9.88 Å². The molecule has 2 radical (unpaired) electrons. The first-order chi connectivity index (χ1) is 6.73. The van der Waals surface area contributed by atoms with Gasteiger partial charge in [0.25, 0.3) is 0 Å². The van der Waals surface area contributed by atoms with Crippen LogP contribution in [0.5, 0.6) is 0 Å². The molecule has 0 N–H and O–H groups in total. The Morgan fingerprint density at radius 1 is 0.667 bits per heavy atom. The first-order valence-electron chi connectivity index (χ1n) is 2.21. The van der Waals surface area contributed by atoms with Gasteiger partial charge in [-0.3, -0.25) is 0 Å². The van der Waals surface area contributed by atoms with Gasteiger partial charge in [0.15, 0.2) is 0 Å². The molecule has 0 saturated carbocycles. The Bertz CT molecular complexity index is 114. The van der Waals surface area contributed by atoms with Crippen molar-refractivity contribution in [2.75, 3.05) is 0 Å². The molecular formula is C7H6ClMnO5Sn. The molecule has 0 spiro atoms. The smallest absolute Gasteiger partial charge is 0 e. The minimum atomic E-state index is -1.07. The summed E-state index contributed by atoms with van der Waals surface area (Å²) in [5.74, 6) is 0. The van der Waals surface area contributed by atoms with Gasteiger partial charge in [-0.25, -0.2) is 0 Å². The van der Waals surface area contributed by atoms with Gasteiger partial charge in [-0.15, -0.1) is 0 Å². The third-order valence-corrected chi connectivity index (χ3v) is 0. The molecule has 0 aliphatic carbocycles. The normalized spacial score (nSPS) is 3.07. The van der Waals surface area contributed by atoms with Crippen LogP contribution in [0.3, 0.4) is 0 Å². The van der Waals surface area contributed by atoms with E-state index in [0.717, 1.165) is 0 Å². The van der Waals surface area contributed by atoms with E-state index in [1.807, 2.05) is 0 Å². The van der Waals surface area contributed by atoms with E-state index >= 15 is 0 Å². The average Bonchev–Trinajstić information content (AvgIpc) is 2.30. The van der Waals surface area contributed by atoms with E-state index in [1.165, 1.54) is 0 Å². The Labute approximate surface area is 110 Å². The van der Waals surface area contributed by atoms with Gasteiger partial charge in [-0.1, -0.05) is 0 Å². The van der Waals surface area contributed by atoms with Gasteiger partial charge in [-0.05, 0) is 0 Å². The summed E-state index contributed by atoms with van der Waals surface area (Å²) in [6, 6.07) is 0. The molecule has 0 rings (SSSR count). The molecule has 0 aromatic carbocycles. The van der Waals surface area contributed by atoms with Crippen LogP contribution in [-0.4, -0.2) is 18.6 Å². The molecule has 0 aromatic rings. The summed E-state index contributed by atoms with van der Waals surface area (Å²) < 4.78 is 37.5. The molecule has 0 saturated heterocycles. The molecule has 0 fully saturated rings. The van der Waals surface area contributed by atoms with Crippen molar-refractivity contribution in [2.24, 2.45) is 0 Å². The molecule has 8 heteroatoms. The molecule has 0 heterocycles. The Morgan fingerprint density at radius 2 is 0.667 bits per heavy atom. The predicted octanol–water partition coefficient (Wildman–Crippen LogP) is 1.29. The van der Waals surface area contributed by atoms with Crippen molar-refractivity contribution >= 4 is 27.6 Å². The molecule has 0 atom stereocenters. The minimum absolute atomic E-state index is 0. The predicted molar refractivity (Wildman–Crippen MR) is 43.0 cm³/mol. The third kappa shape index (κ3) is 22800. The third-order valence-electron chi connectivity index (χ3n) is 0. The van der Waals surface area contributed by atoms with Crippen LogP contribution in [0.25, 0.3) is 0 Å². The van der Waals surface area contributed by atoms with E-state index in [2.05, 4.69) is 43.1 Å². The minimum Gasteiger partial charge on any atom is 0 e. The van der Waals surface area contributed by atoms with E-state index in [1.54, 1.807) is 0 Å². The quantitative estimate of drug-likeness (QED) is 0.344.